The number of unbranched alkanes of at least 4 members (excludes halogenated alkanes) is 10. The second-order valence-corrected chi connectivity index (χ2v) is 6.82. The van der Waals surface area contributed by atoms with E-state index in [9.17, 15) is 0 Å². The average molecular weight is 331 g/mol. The Morgan fingerprint density at radius 1 is 0.667 bits per heavy atom. The molecule has 0 bridgehead atoms. The Morgan fingerprint density at radius 2 is 1.12 bits per heavy atom. The number of hydrogen-bond donors (Lipinski definition) is 0. The molecule has 24 heavy (non-hydrogen) atoms. The molecule has 0 unspecified atom stereocenters. The normalized spacial score (nSPS) is 11.4. The Labute approximate surface area is 147 Å². The first-order valence-corrected chi connectivity index (χ1v) is 9.86. The maximum Gasteiger partial charge on any atom is 0.112 e. The van der Waals surface area contributed by atoms with E-state index < -0.39 is 0 Å². The Balaban J connectivity index is 1.54. The van der Waals surface area contributed by atoms with E-state index >= 15 is 0 Å². The van der Waals surface area contributed by atoms with Gasteiger partial charge in [-0.25, -0.2) is 9.97 Å². The van der Waals surface area contributed by atoms with Gasteiger partial charge in [-0.05, 0) is 12.8 Å². The molecule has 2 aromatic heterocycles. The molecule has 0 aromatic carbocycles. The van der Waals surface area contributed by atoms with Gasteiger partial charge in [0.2, 0.25) is 0 Å². The number of imidazole rings is 2. The van der Waals surface area contributed by atoms with E-state index in [0.717, 1.165) is 6.42 Å². The summed E-state index contributed by atoms with van der Waals surface area (Å²) in [5.74, 6) is 0. The summed E-state index contributed by atoms with van der Waals surface area (Å²) in [4.78, 5) is 8.37. The van der Waals surface area contributed by atoms with Crippen molar-refractivity contribution in [3.05, 3.63) is 37.4 Å². The summed E-state index contributed by atoms with van der Waals surface area (Å²) in [6.45, 7) is 2.28. The van der Waals surface area contributed by atoms with Crippen LogP contribution in [-0.4, -0.2) is 19.1 Å². The monoisotopic (exact) mass is 330 g/mol. The van der Waals surface area contributed by atoms with Crippen molar-refractivity contribution in [3.8, 4) is 0 Å². The molecule has 0 atom stereocenters. The highest BCUT2D eigenvalue weighted by molar-refractivity contribution is 4.86. The third-order valence-electron chi connectivity index (χ3n) is 4.80. The highest BCUT2D eigenvalue weighted by Crippen LogP contribution is 2.19. The van der Waals surface area contributed by atoms with Crippen LogP contribution in [0, 0.1) is 0 Å². The molecule has 0 aliphatic heterocycles. The molecule has 0 aliphatic rings. The van der Waals surface area contributed by atoms with Crippen LogP contribution in [0.1, 0.15) is 90.1 Å². The van der Waals surface area contributed by atoms with E-state index in [1.54, 1.807) is 0 Å². The third kappa shape index (κ3) is 6.90. The Bertz CT molecular complexity index is 455. The van der Waals surface area contributed by atoms with Crippen LogP contribution in [0.5, 0.6) is 0 Å². The van der Waals surface area contributed by atoms with Gasteiger partial charge < -0.3 is 9.13 Å². The number of nitrogens with zero attached hydrogens (tertiary/aromatic N) is 4. The van der Waals surface area contributed by atoms with Crippen molar-refractivity contribution >= 4 is 0 Å². The molecule has 0 radical (unpaired) electrons. The minimum Gasteiger partial charge on any atom is -0.316 e. The molecule has 0 fully saturated rings. The van der Waals surface area contributed by atoms with Gasteiger partial charge in [-0.3, -0.25) is 0 Å². The zero-order valence-electron chi connectivity index (χ0n) is 15.3. The van der Waals surface area contributed by atoms with Crippen LogP contribution >= 0.6 is 0 Å². The van der Waals surface area contributed by atoms with Crippen molar-refractivity contribution in [2.45, 2.75) is 90.1 Å². The lowest BCUT2D eigenvalue weighted by atomic mass is 10.0. The zero-order valence-corrected chi connectivity index (χ0v) is 15.3. The Hall–Kier alpha value is -1.58. The van der Waals surface area contributed by atoms with Crippen LogP contribution in [0.2, 0.25) is 0 Å². The highest BCUT2D eigenvalue weighted by atomic mass is 15.2. The van der Waals surface area contributed by atoms with Crippen molar-refractivity contribution < 1.29 is 0 Å². The van der Waals surface area contributed by atoms with E-state index in [1.807, 2.05) is 37.4 Å². The van der Waals surface area contributed by atoms with Gasteiger partial charge in [0, 0.05) is 24.8 Å². The predicted octanol–water partition coefficient (Wildman–Crippen LogP) is 5.83. The first-order chi connectivity index (χ1) is 11.9. The third-order valence-corrected chi connectivity index (χ3v) is 4.80. The van der Waals surface area contributed by atoms with E-state index in [-0.39, 0.29) is 0 Å². The standard InChI is InChI=1S/C20H34N4/c1-2-3-4-5-6-7-8-9-10-11-12-13-20(23-16-14-21-18-23)24-17-15-22-19-24/h14-20H,2-13H2,1H3. The van der Waals surface area contributed by atoms with Crippen molar-refractivity contribution in [1.82, 2.24) is 19.1 Å². The van der Waals surface area contributed by atoms with E-state index in [1.165, 1.54) is 70.6 Å². The van der Waals surface area contributed by atoms with Crippen LogP contribution in [0.4, 0.5) is 0 Å². The maximum absolute atomic E-state index is 4.19. The van der Waals surface area contributed by atoms with E-state index in [0.29, 0.717) is 6.17 Å². The summed E-state index contributed by atoms with van der Waals surface area (Å²) in [5, 5.41) is 0. The van der Waals surface area contributed by atoms with Crippen LogP contribution in [0.3, 0.4) is 0 Å². The second kappa shape index (κ2) is 11.9. The van der Waals surface area contributed by atoms with Gasteiger partial charge in [-0.15, -0.1) is 0 Å². The smallest absolute Gasteiger partial charge is 0.112 e. The van der Waals surface area contributed by atoms with Crippen molar-refractivity contribution in [3.63, 3.8) is 0 Å². The quantitative estimate of drug-likeness (QED) is 0.409. The topological polar surface area (TPSA) is 35.6 Å². The molecule has 0 amide bonds. The molecule has 0 spiro atoms. The molecule has 2 heterocycles. The molecular formula is C20H34N4. The summed E-state index contributed by atoms with van der Waals surface area (Å²) < 4.78 is 4.36. The summed E-state index contributed by atoms with van der Waals surface area (Å²) in [7, 11) is 0. The van der Waals surface area contributed by atoms with Gasteiger partial charge >= 0.3 is 0 Å². The lowest BCUT2D eigenvalue weighted by Gasteiger charge is -2.19. The fourth-order valence-corrected chi connectivity index (χ4v) is 3.33. The number of hydrogen-bond acceptors (Lipinski definition) is 2. The first kappa shape index (κ1) is 18.8. The first-order valence-electron chi connectivity index (χ1n) is 9.86. The van der Waals surface area contributed by atoms with Gasteiger partial charge in [0.1, 0.15) is 6.17 Å². The van der Waals surface area contributed by atoms with Crippen LogP contribution in [0.15, 0.2) is 37.4 Å². The van der Waals surface area contributed by atoms with E-state index in [4.69, 9.17) is 0 Å². The summed E-state index contributed by atoms with van der Waals surface area (Å²) in [5.41, 5.74) is 0. The summed E-state index contributed by atoms with van der Waals surface area (Å²) in [6, 6.07) is 0. The SMILES string of the molecule is CCCCCCCCCCCCCC(n1ccnc1)n1ccnc1. The molecule has 134 valence electrons. The molecule has 2 rings (SSSR count). The molecule has 0 N–H and O–H groups in total. The molecule has 0 aliphatic carbocycles. The fourth-order valence-electron chi connectivity index (χ4n) is 3.33. The Kier molecular flexibility index (Phi) is 9.28. The lowest BCUT2D eigenvalue weighted by Crippen LogP contribution is -2.15. The van der Waals surface area contributed by atoms with Gasteiger partial charge in [-0.2, -0.15) is 0 Å². The fraction of sp³-hybridized carbons (Fsp3) is 0.700. The summed E-state index contributed by atoms with van der Waals surface area (Å²) in [6.07, 6.45) is 28.3. The molecule has 2 aromatic rings. The van der Waals surface area contributed by atoms with Crippen LogP contribution < -0.4 is 0 Å². The van der Waals surface area contributed by atoms with Crippen molar-refractivity contribution in [2.75, 3.05) is 0 Å². The van der Waals surface area contributed by atoms with Gasteiger partial charge in [0.05, 0.1) is 12.7 Å². The van der Waals surface area contributed by atoms with Crippen LogP contribution in [-0.2, 0) is 0 Å². The minimum atomic E-state index is 0.313. The molecular weight excluding hydrogens is 296 g/mol. The maximum atomic E-state index is 4.19. The number of aromatic nitrogens is 4. The highest BCUT2D eigenvalue weighted by Gasteiger charge is 2.11. The van der Waals surface area contributed by atoms with Gasteiger partial charge in [0.25, 0.3) is 0 Å². The average Bonchev–Trinajstić information content (AvgIpc) is 3.30. The predicted molar refractivity (Wildman–Crippen MR) is 100.0 cm³/mol. The molecule has 4 heteroatoms. The van der Waals surface area contributed by atoms with Gasteiger partial charge in [-0.1, -0.05) is 71.1 Å². The zero-order chi connectivity index (χ0) is 16.9. The largest absolute Gasteiger partial charge is 0.316 e. The van der Waals surface area contributed by atoms with Crippen molar-refractivity contribution in [2.24, 2.45) is 0 Å². The minimum absolute atomic E-state index is 0.313. The summed E-state index contributed by atoms with van der Waals surface area (Å²) >= 11 is 0. The Morgan fingerprint density at radius 3 is 1.54 bits per heavy atom. The van der Waals surface area contributed by atoms with Crippen LogP contribution in [0.25, 0.3) is 0 Å². The molecule has 4 nitrogen and oxygen atoms in total. The lowest BCUT2D eigenvalue weighted by molar-refractivity contribution is 0.381. The van der Waals surface area contributed by atoms with E-state index in [2.05, 4.69) is 26.0 Å². The second-order valence-electron chi connectivity index (χ2n) is 6.82. The van der Waals surface area contributed by atoms with Crippen molar-refractivity contribution in [1.29, 1.82) is 0 Å². The van der Waals surface area contributed by atoms with Gasteiger partial charge in [0.15, 0.2) is 0 Å². The molecule has 0 saturated carbocycles. The molecule has 0 saturated heterocycles. The number of rotatable bonds is 14.